The lowest BCUT2D eigenvalue weighted by Gasteiger charge is -2.16. The Bertz CT molecular complexity index is 231. The van der Waals surface area contributed by atoms with E-state index in [9.17, 15) is 0 Å². The zero-order chi connectivity index (χ0) is 10.4. The first kappa shape index (κ1) is 11.7. The maximum Gasteiger partial charge on any atom is 0.0216 e. The normalized spacial score (nSPS) is 13.4. The molecule has 2 nitrogen and oxygen atoms in total. The van der Waals surface area contributed by atoms with E-state index in [1.807, 2.05) is 0 Å². The first-order chi connectivity index (χ1) is 6.68. The number of hydrogen-bond donors (Lipinski definition) is 1. The second kappa shape index (κ2) is 6.17. The van der Waals surface area contributed by atoms with Gasteiger partial charge in [0.1, 0.15) is 0 Å². The Balaban J connectivity index is 2.12. The molecular weight excluding hydrogens is 192 g/mol. The molecule has 0 bridgehead atoms. The van der Waals surface area contributed by atoms with Gasteiger partial charge in [-0.2, -0.15) is 11.3 Å². The van der Waals surface area contributed by atoms with E-state index < -0.39 is 0 Å². The van der Waals surface area contributed by atoms with E-state index >= 15 is 0 Å². The largest absolute Gasteiger partial charge is 0.310 e. The zero-order valence-electron chi connectivity index (χ0n) is 9.29. The molecule has 0 saturated heterocycles. The van der Waals surface area contributed by atoms with Crippen LogP contribution in [-0.4, -0.2) is 31.6 Å². The molecule has 1 unspecified atom stereocenters. The van der Waals surface area contributed by atoms with Crippen LogP contribution in [-0.2, 0) is 6.54 Å². The summed E-state index contributed by atoms with van der Waals surface area (Å²) >= 11 is 1.76. The van der Waals surface area contributed by atoms with Crippen molar-refractivity contribution in [1.82, 2.24) is 10.2 Å². The third-order valence-corrected chi connectivity index (χ3v) is 2.98. The Morgan fingerprint density at radius 1 is 1.50 bits per heavy atom. The van der Waals surface area contributed by atoms with Gasteiger partial charge in [-0.1, -0.05) is 0 Å². The number of nitrogens with one attached hydrogen (secondary N) is 1. The van der Waals surface area contributed by atoms with Crippen LogP contribution in [0, 0.1) is 0 Å². The van der Waals surface area contributed by atoms with Crippen molar-refractivity contribution in [3.05, 3.63) is 22.4 Å². The molecule has 0 saturated carbocycles. The SMILES string of the molecule is CC(CCN(C)C)NCc1ccsc1. The molecule has 1 N–H and O–H groups in total. The second-order valence-electron chi connectivity index (χ2n) is 4.01. The van der Waals surface area contributed by atoms with Gasteiger partial charge in [0.05, 0.1) is 0 Å². The van der Waals surface area contributed by atoms with Crippen molar-refractivity contribution >= 4 is 11.3 Å². The summed E-state index contributed by atoms with van der Waals surface area (Å²) in [5.41, 5.74) is 1.40. The molecule has 80 valence electrons. The molecule has 1 aromatic rings. The smallest absolute Gasteiger partial charge is 0.0216 e. The van der Waals surface area contributed by atoms with Crippen molar-refractivity contribution in [2.24, 2.45) is 0 Å². The van der Waals surface area contributed by atoms with Crippen LogP contribution in [0.3, 0.4) is 0 Å². The van der Waals surface area contributed by atoms with Crippen LogP contribution in [0.25, 0.3) is 0 Å². The molecule has 14 heavy (non-hydrogen) atoms. The lowest BCUT2D eigenvalue weighted by molar-refractivity contribution is 0.366. The average Bonchev–Trinajstić information content (AvgIpc) is 2.63. The molecule has 0 aliphatic carbocycles. The first-order valence-electron chi connectivity index (χ1n) is 5.07. The Morgan fingerprint density at radius 3 is 2.86 bits per heavy atom. The Labute approximate surface area is 90.9 Å². The summed E-state index contributed by atoms with van der Waals surface area (Å²) in [5, 5.41) is 7.85. The molecule has 0 aromatic carbocycles. The third-order valence-electron chi connectivity index (χ3n) is 2.24. The number of nitrogens with zero attached hydrogens (tertiary/aromatic N) is 1. The topological polar surface area (TPSA) is 15.3 Å². The molecule has 3 heteroatoms. The van der Waals surface area contributed by atoms with Crippen molar-refractivity contribution in [2.75, 3.05) is 20.6 Å². The number of rotatable bonds is 6. The van der Waals surface area contributed by atoms with E-state index in [2.05, 4.69) is 48.1 Å². The zero-order valence-corrected chi connectivity index (χ0v) is 10.1. The van der Waals surface area contributed by atoms with Gasteiger partial charge in [-0.25, -0.2) is 0 Å². The summed E-state index contributed by atoms with van der Waals surface area (Å²) in [7, 11) is 4.23. The van der Waals surface area contributed by atoms with Crippen LogP contribution in [0.1, 0.15) is 18.9 Å². The summed E-state index contributed by atoms with van der Waals surface area (Å²) in [4.78, 5) is 2.22. The average molecular weight is 212 g/mol. The van der Waals surface area contributed by atoms with Gasteiger partial charge in [0.2, 0.25) is 0 Å². The first-order valence-corrected chi connectivity index (χ1v) is 6.02. The van der Waals surface area contributed by atoms with Crippen LogP contribution < -0.4 is 5.32 Å². The molecule has 1 heterocycles. The van der Waals surface area contributed by atoms with Crippen molar-refractivity contribution in [3.8, 4) is 0 Å². The Morgan fingerprint density at radius 2 is 2.29 bits per heavy atom. The molecule has 0 spiro atoms. The van der Waals surface area contributed by atoms with Crippen LogP contribution in [0.2, 0.25) is 0 Å². The molecule has 0 aliphatic heterocycles. The highest BCUT2D eigenvalue weighted by Gasteiger charge is 2.01. The molecule has 0 amide bonds. The van der Waals surface area contributed by atoms with Crippen LogP contribution >= 0.6 is 11.3 Å². The predicted molar refractivity (Wildman–Crippen MR) is 63.8 cm³/mol. The van der Waals surface area contributed by atoms with E-state index in [0.29, 0.717) is 6.04 Å². The van der Waals surface area contributed by atoms with Crippen molar-refractivity contribution < 1.29 is 0 Å². The van der Waals surface area contributed by atoms with Crippen molar-refractivity contribution in [1.29, 1.82) is 0 Å². The second-order valence-corrected chi connectivity index (χ2v) is 4.79. The maximum atomic E-state index is 3.52. The fraction of sp³-hybridized carbons (Fsp3) is 0.636. The van der Waals surface area contributed by atoms with Gasteiger partial charge in [0, 0.05) is 12.6 Å². The minimum absolute atomic E-state index is 0.595. The molecule has 0 aliphatic rings. The van der Waals surface area contributed by atoms with E-state index in [1.54, 1.807) is 11.3 Å². The van der Waals surface area contributed by atoms with Crippen molar-refractivity contribution in [2.45, 2.75) is 25.9 Å². The standard InChI is InChI=1S/C11H20N2S/c1-10(4-6-13(2)3)12-8-11-5-7-14-9-11/h5,7,9-10,12H,4,6,8H2,1-3H3. The lowest BCUT2D eigenvalue weighted by atomic mass is 10.2. The Hall–Kier alpha value is -0.380. The van der Waals surface area contributed by atoms with Crippen LogP contribution in [0.4, 0.5) is 0 Å². The Kier molecular flexibility index (Phi) is 5.15. The summed E-state index contributed by atoms with van der Waals surface area (Å²) in [6, 6.07) is 2.77. The number of hydrogen-bond acceptors (Lipinski definition) is 3. The quantitative estimate of drug-likeness (QED) is 0.777. The minimum atomic E-state index is 0.595. The predicted octanol–water partition coefficient (Wildman–Crippen LogP) is 2.18. The van der Waals surface area contributed by atoms with Gasteiger partial charge in [-0.15, -0.1) is 0 Å². The summed E-state index contributed by atoms with van der Waals surface area (Å²) in [6.45, 7) is 4.39. The van der Waals surface area contributed by atoms with Gasteiger partial charge in [-0.05, 0) is 56.4 Å². The van der Waals surface area contributed by atoms with Gasteiger partial charge < -0.3 is 10.2 Å². The van der Waals surface area contributed by atoms with Crippen molar-refractivity contribution in [3.63, 3.8) is 0 Å². The highest BCUT2D eigenvalue weighted by Crippen LogP contribution is 2.05. The van der Waals surface area contributed by atoms with Crippen LogP contribution in [0.5, 0.6) is 0 Å². The summed E-state index contributed by atoms with van der Waals surface area (Å²) < 4.78 is 0. The molecular formula is C11H20N2S. The van der Waals surface area contributed by atoms with Gasteiger partial charge in [0.25, 0.3) is 0 Å². The number of thiophene rings is 1. The molecule has 1 rings (SSSR count). The van der Waals surface area contributed by atoms with E-state index in [-0.39, 0.29) is 0 Å². The fourth-order valence-corrected chi connectivity index (χ4v) is 1.91. The minimum Gasteiger partial charge on any atom is -0.310 e. The fourth-order valence-electron chi connectivity index (χ4n) is 1.24. The highest BCUT2D eigenvalue weighted by molar-refractivity contribution is 7.07. The van der Waals surface area contributed by atoms with Gasteiger partial charge in [-0.3, -0.25) is 0 Å². The van der Waals surface area contributed by atoms with E-state index in [0.717, 1.165) is 13.1 Å². The van der Waals surface area contributed by atoms with Gasteiger partial charge in [0.15, 0.2) is 0 Å². The van der Waals surface area contributed by atoms with Gasteiger partial charge >= 0.3 is 0 Å². The lowest BCUT2D eigenvalue weighted by Crippen LogP contribution is -2.29. The molecule has 0 fully saturated rings. The summed E-state index contributed by atoms with van der Waals surface area (Å²) in [5.74, 6) is 0. The van der Waals surface area contributed by atoms with E-state index in [1.165, 1.54) is 12.0 Å². The molecule has 1 aromatic heterocycles. The molecule has 0 radical (unpaired) electrons. The third kappa shape index (κ3) is 4.74. The monoisotopic (exact) mass is 212 g/mol. The molecule has 1 atom stereocenters. The maximum absolute atomic E-state index is 3.52. The van der Waals surface area contributed by atoms with E-state index in [4.69, 9.17) is 0 Å². The summed E-state index contributed by atoms with van der Waals surface area (Å²) in [6.07, 6.45) is 1.21. The van der Waals surface area contributed by atoms with Crippen LogP contribution in [0.15, 0.2) is 16.8 Å². The highest BCUT2D eigenvalue weighted by atomic mass is 32.1.